The number of rotatable bonds is 4. The van der Waals surface area contributed by atoms with Crippen molar-refractivity contribution in [1.29, 1.82) is 0 Å². The molecule has 0 N–H and O–H groups in total. The Balaban J connectivity index is 1.75. The second-order valence-corrected chi connectivity index (χ2v) is 7.01. The third kappa shape index (κ3) is 3.44. The highest BCUT2D eigenvalue weighted by atomic mass is 16.6. The Morgan fingerprint density at radius 3 is 2.62 bits per heavy atom. The molecule has 1 aliphatic rings. The minimum atomic E-state index is -0.464. The van der Waals surface area contributed by atoms with Crippen LogP contribution in [0, 0.1) is 30.9 Å². The molecule has 1 atom stereocenters. The molecule has 0 aliphatic carbocycles. The second-order valence-electron chi connectivity index (χ2n) is 7.01. The Morgan fingerprint density at radius 1 is 1.17 bits per heavy atom. The third-order valence-electron chi connectivity index (χ3n) is 5.20. The summed E-state index contributed by atoms with van der Waals surface area (Å²) >= 11 is 0. The van der Waals surface area contributed by atoms with Crippen LogP contribution in [0.15, 0.2) is 36.5 Å². The normalized spacial score (nSPS) is 16.8. The van der Waals surface area contributed by atoms with E-state index in [0.29, 0.717) is 31.4 Å². The molecular weight excluding hydrogens is 372 g/mol. The van der Waals surface area contributed by atoms with Gasteiger partial charge < -0.3 is 9.64 Å². The number of aromatic nitrogens is 4. The van der Waals surface area contributed by atoms with E-state index in [0.717, 1.165) is 22.6 Å². The zero-order valence-corrected chi connectivity index (χ0v) is 16.6. The molecule has 0 spiro atoms. The molecule has 1 aliphatic heterocycles. The SMILES string of the molecule is Cc1nc(N2CCOCC2c2c(C)nn(-c3ccccc3)c2C)ncc1[N+](=O)[O-]. The molecule has 1 fully saturated rings. The Morgan fingerprint density at radius 2 is 1.93 bits per heavy atom. The predicted molar refractivity (Wildman–Crippen MR) is 107 cm³/mol. The molecule has 0 bridgehead atoms. The molecule has 2 aromatic heterocycles. The summed E-state index contributed by atoms with van der Waals surface area (Å²) in [5.74, 6) is 0.465. The van der Waals surface area contributed by atoms with Crippen molar-refractivity contribution in [2.24, 2.45) is 0 Å². The minimum Gasteiger partial charge on any atom is -0.377 e. The average Bonchev–Trinajstić information content (AvgIpc) is 3.02. The molecule has 0 saturated carbocycles. The summed E-state index contributed by atoms with van der Waals surface area (Å²) in [4.78, 5) is 21.4. The van der Waals surface area contributed by atoms with E-state index in [1.807, 2.05) is 53.8 Å². The number of benzene rings is 1. The van der Waals surface area contributed by atoms with Crippen molar-refractivity contribution in [3.8, 4) is 5.69 Å². The first-order chi connectivity index (χ1) is 14.0. The first-order valence-corrected chi connectivity index (χ1v) is 9.41. The summed E-state index contributed by atoms with van der Waals surface area (Å²) in [6.45, 7) is 7.26. The fraction of sp³-hybridized carbons (Fsp3) is 0.350. The van der Waals surface area contributed by atoms with Crippen molar-refractivity contribution in [3.05, 3.63) is 69.3 Å². The van der Waals surface area contributed by atoms with Gasteiger partial charge in [0.05, 0.1) is 35.6 Å². The van der Waals surface area contributed by atoms with Crippen LogP contribution < -0.4 is 4.90 Å². The summed E-state index contributed by atoms with van der Waals surface area (Å²) < 4.78 is 7.69. The van der Waals surface area contributed by atoms with Gasteiger partial charge in [0, 0.05) is 17.8 Å². The van der Waals surface area contributed by atoms with E-state index in [9.17, 15) is 10.1 Å². The number of aryl methyl sites for hydroxylation is 2. The summed E-state index contributed by atoms with van der Waals surface area (Å²) in [6.07, 6.45) is 1.28. The van der Waals surface area contributed by atoms with Gasteiger partial charge in [0.15, 0.2) is 0 Å². The average molecular weight is 394 g/mol. The number of hydrogen-bond acceptors (Lipinski definition) is 7. The highest BCUT2D eigenvalue weighted by Crippen LogP contribution is 2.33. The van der Waals surface area contributed by atoms with Crippen molar-refractivity contribution >= 4 is 11.6 Å². The molecule has 3 aromatic rings. The molecule has 1 aromatic carbocycles. The largest absolute Gasteiger partial charge is 0.377 e. The van der Waals surface area contributed by atoms with Crippen LogP contribution in [0.5, 0.6) is 0 Å². The van der Waals surface area contributed by atoms with E-state index in [-0.39, 0.29) is 11.7 Å². The summed E-state index contributed by atoms with van der Waals surface area (Å²) in [6, 6.07) is 9.84. The van der Waals surface area contributed by atoms with E-state index in [4.69, 9.17) is 9.84 Å². The molecule has 0 amide bonds. The number of nitro groups is 1. The first kappa shape index (κ1) is 19.0. The van der Waals surface area contributed by atoms with Crippen LogP contribution >= 0.6 is 0 Å². The lowest BCUT2D eigenvalue weighted by molar-refractivity contribution is -0.386. The Kier molecular flexibility index (Phi) is 4.98. The molecule has 0 radical (unpaired) electrons. The highest BCUT2D eigenvalue weighted by molar-refractivity contribution is 5.46. The first-order valence-electron chi connectivity index (χ1n) is 9.41. The predicted octanol–water partition coefficient (Wildman–Crippen LogP) is 3.07. The molecular formula is C20H22N6O3. The molecule has 150 valence electrons. The topological polar surface area (TPSA) is 99.2 Å². The van der Waals surface area contributed by atoms with Crippen LogP contribution in [-0.4, -0.2) is 44.4 Å². The maximum Gasteiger partial charge on any atom is 0.308 e. The standard InChI is InChI=1S/C20H22N6O3/c1-13-17(26(27)28)11-21-20(22-13)24-9-10-29-12-18(24)19-14(2)23-25(15(19)3)16-7-5-4-6-8-16/h4-8,11,18H,9-10,12H2,1-3H3. The van der Waals surface area contributed by atoms with Gasteiger partial charge in [-0.15, -0.1) is 0 Å². The molecule has 1 unspecified atom stereocenters. The van der Waals surface area contributed by atoms with Gasteiger partial charge in [0.2, 0.25) is 5.95 Å². The monoisotopic (exact) mass is 394 g/mol. The van der Waals surface area contributed by atoms with E-state index in [1.165, 1.54) is 6.20 Å². The fourth-order valence-electron chi connectivity index (χ4n) is 3.81. The maximum atomic E-state index is 11.1. The Hall–Kier alpha value is -3.33. The maximum absolute atomic E-state index is 11.1. The van der Waals surface area contributed by atoms with Gasteiger partial charge in [0.1, 0.15) is 11.9 Å². The van der Waals surface area contributed by atoms with Gasteiger partial charge in [-0.3, -0.25) is 10.1 Å². The number of anilines is 1. The van der Waals surface area contributed by atoms with Crippen LogP contribution in [0.3, 0.4) is 0 Å². The Bertz CT molecular complexity index is 1050. The summed E-state index contributed by atoms with van der Waals surface area (Å²) in [7, 11) is 0. The van der Waals surface area contributed by atoms with E-state index in [2.05, 4.69) is 9.97 Å². The second kappa shape index (κ2) is 7.59. The number of morpholine rings is 1. The zero-order chi connectivity index (χ0) is 20.5. The van der Waals surface area contributed by atoms with Crippen molar-refractivity contribution in [1.82, 2.24) is 19.7 Å². The van der Waals surface area contributed by atoms with Crippen molar-refractivity contribution in [2.75, 3.05) is 24.7 Å². The van der Waals surface area contributed by atoms with Gasteiger partial charge in [-0.1, -0.05) is 18.2 Å². The lowest BCUT2D eigenvalue weighted by Gasteiger charge is -2.36. The van der Waals surface area contributed by atoms with Crippen LogP contribution in [-0.2, 0) is 4.74 Å². The van der Waals surface area contributed by atoms with Crippen molar-refractivity contribution in [3.63, 3.8) is 0 Å². The van der Waals surface area contributed by atoms with Gasteiger partial charge in [0.25, 0.3) is 0 Å². The van der Waals surface area contributed by atoms with E-state index in [1.54, 1.807) is 6.92 Å². The van der Waals surface area contributed by atoms with Crippen molar-refractivity contribution < 1.29 is 9.66 Å². The van der Waals surface area contributed by atoms with Crippen LogP contribution in [0.2, 0.25) is 0 Å². The highest BCUT2D eigenvalue weighted by Gasteiger charge is 2.32. The van der Waals surface area contributed by atoms with Crippen LogP contribution in [0.1, 0.15) is 28.7 Å². The van der Waals surface area contributed by atoms with Crippen LogP contribution in [0.25, 0.3) is 5.69 Å². The smallest absolute Gasteiger partial charge is 0.308 e. The van der Waals surface area contributed by atoms with Gasteiger partial charge >= 0.3 is 5.69 Å². The van der Waals surface area contributed by atoms with E-state index < -0.39 is 4.92 Å². The minimum absolute atomic E-state index is 0.0807. The number of para-hydroxylation sites is 1. The quantitative estimate of drug-likeness (QED) is 0.495. The molecule has 29 heavy (non-hydrogen) atoms. The lowest BCUT2D eigenvalue weighted by Crippen LogP contribution is -2.41. The van der Waals surface area contributed by atoms with Crippen molar-refractivity contribution in [2.45, 2.75) is 26.8 Å². The Labute approximate surface area is 168 Å². The molecule has 9 nitrogen and oxygen atoms in total. The third-order valence-corrected chi connectivity index (χ3v) is 5.20. The van der Waals surface area contributed by atoms with Crippen LogP contribution in [0.4, 0.5) is 11.6 Å². The van der Waals surface area contributed by atoms with Gasteiger partial charge in [-0.25, -0.2) is 14.6 Å². The molecule has 3 heterocycles. The summed E-state index contributed by atoms with van der Waals surface area (Å²) in [5.41, 5.74) is 4.25. The number of ether oxygens (including phenoxy) is 1. The summed E-state index contributed by atoms with van der Waals surface area (Å²) in [5, 5.41) is 15.8. The van der Waals surface area contributed by atoms with Gasteiger partial charge in [-0.05, 0) is 32.9 Å². The molecule has 9 heteroatoms. The number of hydrogen-bond donors (Lipinski definition) is 0. The van der Waals surface area contributed by atoms with Gasteiger partial charge in [-0.2, -0.15) is 5.10 Å². The lowest BCUT2D eigenvalue weighted by atomic mass is 10.0. The molecule has 4 rings (SSSR count). The van der Waals surface area contributed by atoms with E-state index >= 15 is 0 Å². The molecule has 1 saturated heterocycles. The number of nitrogens with zero attached hydrogens (tertiary/aromatic N) is 6. The zero-order valence-electron chi connectivity index (χ0n) is 16.6. The fourth-order valence-corrected chi connectivity index (χ4v) is 3.81.